The minimum Gasteiger partial charge on any atom is -0.394 e. The molecule has 4 amide bonds. The smallest absolute Gasteiger partial charge is 0.222 e. The fourth-order valence-electron chi connectivity index (χ4n) is 6.45. The molecule has 0 bridgehead atoms. The van der Waals surface area contributed by atoms with Gasteiger partial charge in [0.15, 0.2) is 12.6 Å². The van der Waals surface area contributed by atoms with Crippen LogP contribution in [-0.2, 0) is 47.6 Å². The highest BCUT2D eigenvalue weighted by atomic mass is 16.7. The first kappa shape index (κ1) is 55.5. The zero-order valence-corrected chi connectivity index (χ0v) is 36.3. The minimum atomic E-state index is -1.23. The van der Waals surface area contributed by atoms with Crippen LogP contribution >= 0.6 is 0 Å². The summed E-state index contributed by atoms with van der Waals surface area (Å²) in [4.78, 5) is 48.6. The minimum absolute atomic E-state index is 0.0571. The van der Waals surface area contributed by atoms with Gasteiger partial charge in [0.1, 0.15) is 24.4 Å². The van der Waals surface area contributed by atoms with Crippen LogP contribution in [0.25, 0.3) is 0 Å². The molecule has 13 N–H and O–H groups in total. The van der Waals surface area contributed by atoms with E-state index in [1.807, 2.05) is 0 Å². The first-order chi connectivity index (χ1) is 29.7. The highest BCUT2D eigenvalue weighted by Gasteiger charge is 2.43. The van der Waals surface area contributed by atoms with Crippen LogP contribution < -0.4 is 27.0 Å². The Hall–Kier alpha value is -2.68. The predicted molar refractivity (Wildman–Crippen MR) is 220 cm³/mol. The zero-order valence-electron chi connectivity index (χ0n) is 36.3. The van der Waals surface area contributed by atoms with E-state index in [0.29, 0.717) is 64.7 Å². The second-order valence-electron chi connectivity index (χ2n) is 16.0. The van der Waals surface area contributed by atoms with Crippen molar-refractivity contribution < 1.29 is 83.3 Å². The number of rotatable bonds is 33. The molecule has 2 saturated heterocycles. The summed E-state index contributed by atoms with van der Waals surface area (Å²) < 4.78 is 33.3. The van der Waals surface area contributed by atoms with Gasteiger partial charge in [-0.15, -0.1) is 0 Å². The molecule has 0 radical (unpaired) electrons. The largest absolute Gasteiger partial charge is 0.394 e. The second kappa shape index (κ2) is 31.2. The maximum atomic E-state index is 12.2. The van der Waals surface area contributed by atoms with Crippen LogP contribution in [0.4, 0.5) is 0 Å². The van der Waals surface area contributed by atoms with Crippen LogP contribution in [0.15, 0.2) is 0 Å². The van der Waals surface area contributed by atoms with E-state index in [2.05, 4.69) is 21.3 Å². The SMILES string of the molecule is CC1[C@H](OCCCCC(=O)NCCCNC(=O)CCOCC(N)(CO)COCCC(=O)NCCCNC(=O)CCCCO[C@@H]2OC(CO)[C@H](O)C(O)[C@@H]2C)OC(CO)[C@H](O)[C@@H]1O. The van der Waals surface area contributed by atoms with E-state index in [-0.39, 0.29) is 89.0 Å². The Morgan fingerprint density at radius 2 is 0.887 bits per heavy atom. The molecule has 0 saturated carbocycles. The maximum Gasteiger partial charge on any atom is 0.222 e. The van der Waals surface area contributed by atoms with E-state index < -0.39 is 86.4 Å². The summed E-state index contributed by atoms with van der Waals surface area (Å²) >= 11 is 0. The Labute approximate surface area is 363 Å². The third-order valence-electron chi connectivity index (χ3n) is 10.6. The molecule has 22 nitrogen and oxygen atoms in total. The van der Waals surface area contributed by atoms with Gasteiger partial charge in [0.2, 0.25) is 23.6 Å². The fourth-order valence-corrected chi connectivity index (χ4v) is 6.45. The van der Waals surface area contributed by atoms with Crippen LogP contribution in [-0.4, -0.2) is 200 Å². The van der Waals surface area contributed by atoms with E-state index in [0.717, 1.165) is 0 Å². The topological polar surface area (TPSA) is 339 Å². The van der Waals surface area contributed by atoms with Crippen LogP contribution in [0.5, 0.6) is 0 Å². The van der Waals surface area contributed by atoms with Gasteiger partial charge in [-0.05, 0) is 38.5 Å². The Morgan fingerprint density at radius 3 is 1.23 bits per heavy atom. The highest BCUT2D eigenvalue weighted by Crippen LogP contribution is 2.28. The fraction of sp³-hybridized carbons (Fsp3) is 0.900. The van der Waals surface area contributed by atoms with Crippen molar-refractivity contribution in [3.8, 4) is 0 Å². The molecule has 5 unspecified atom stereocenters. The van der Waals surface area contributed by atoms with Crippen molar-refractivity contribution in [2.75, 3.05) is 85.6 Å². The Bertz CT molecular complexity index is 1180. The molecular formula is C40H75N5O17. The number of amides is 4. The number of nitrogens with two attached hydrogens (primary N) is 1. The van der Waals surface area contributed by atoms with Gasteiger partial charge in [-0.3, -0.25) is 19.2 Å². The summed E-state index contributed by atoms with van der Waals surface area (Å²) in [6, 6.07) is 0. The van der Waals surface area contributed by atoms with Crippen molar-refractivity contribution in [2.24, 2.45) is 17.6 Å². The molecule has 0 aromatic rings. The van der Waals surface area contributed by atoms with Crippen LogP contribution in [0.2, 0.25) is 0 Å². The monoisotopic (exact) mass is 898 g/mol. The van der Waals surface area contributed by atoms with E-state index in [1.54, 1.807) is 13.8 Å². The number of aliphatic hydroxyl groups excluding tert-OH is 7. The lowest BCUT2D eigenvalue weighted by molar-refractivity contribution is -0.282. The summed E-state index contributed by atoms with van der Waals surface area (Å²) in [5.41, 5.74) is 4.93. The molecule has 2 fully saturated rings. The number of carbonyl (C=O) groups excluding carboxylic acids is 4. The molecule has 0 spiro atoms. The molecule has 2 rings (SSSR count). The quantitative estimate of drug-likeness (QED) is 0.0282. The molecule has 2 aliphatic rings. The number of nitrogens with one attached hydrogen (secondary N) is 4. The van der Waals surface area contributed by atoms with E-state index in [9.17, 15) is 54.9 Å². The van der Waals surface area contributed by atoms with Crippen molar-refractivity contribution in [3.05, 3.63) is 0 Å². The second-order valence-corrected chi connectivity index (χ2v) is 16.0. The number of carbonyl (C=O) groups is 4. The standard InChI is InChI=1S/C40H75N5O17/c1-26-34(53)36(55)28(21-46)61-38(26)59-17-5-3-9-30(49)42-13-7-15-44-32(51)11-19-57-24-40(41,23-48)25-58-20-12-33(52)45-16-8-14-43-31(50)10-4-6-18-60-39-27(2)35(54)37(56)29(22-47)62-39/h26-29,34-39,46-48,53-56H,3-25,41H2,1-2H3,(H,42,49)(H,43,50)(H,44,51)(H,45,52)/t26-,27?,28?,29?,34?,35+,36-,37-,38+,39+,40?/m0/s1. The van der Waals surface area contributed by atoms with Gasteiger partial charge in [-0.25, -0.2) is 0 Å². The van der Waals surface area contributed by atoms with Crippen LogP contribution in [0.3, 0.4) is 0 Å². The molecular weight excluding hydrogens is 822 g/mol. The molecule has 0 aliphatic carbocycles. The average Bonchev–Trinajstić information content (AvgIpc) is 3.26. The molecule has 2 heterocycles. The van der Waals surface area contributed by atoms with Crippen molar-refractivity contribution in [2.45, 2.75) is 133 Å². The van der Waals surface area contributed by atoms with Gasteiger partial charge in [-0.2, -0.15) is 0 Å². The van der Waals surface area contributed by atoms with Gasteiger partial charge in [0.25, 0.3) is 0 Å². The molecule has 62 heavy (non-hydrogen) atoms. The first-order valence-corrected chi connectivity index (χ1v) is 21.8. The highest BCUT2D eigenvalue weighted by molar-refractivity contribution is 5.77. The summed E-state index contributed by atoms with van der Waals surface area (Å²) in [5.74, 6) is -1.73. The van der Waals surface area contributed by atoms with Crippen molar-refractivity contribution in [3.63, 3.8) is 0 Å². The Morgan fingerprint density at radius 1 is 0.532 bits per heavy atom. The van der Waals surface area contributed by atoms with Crippen LogP contribution in [0.1, 0.15) is 78.1 Å². The van der Waals surface area contributed by atoms with Gasteiger partial charge < -0.3 is 91.2 Å². The summed E-state index contributed by atoms with van der Waals surface area (Å²) in [5, 5.41) is 79.5. The summed E-state index contributed by atoms with van der Waals surface area (Å²) in [6.07, 6.45) is -3.93. The molecule has 2 aliphatic heterocycles. The van der Waals surface area contributed by atoms with Gasteiger partial charge in [0, 0.05) is 76.9 Å². The molecule has 11 atom stereocenters. The predicted octanol–water partition coefficient (Wildman–Crippen LogP) is -3.74. The number of unbranched alkanes of at least 4 members (excludes halogenated alkanes) is 2. The molecule has 22 heteroatoms. The number of ether oxygens (including phenoxy) is 6. The lowest BCUT2D eigenvalue weighted by Crippen LogP contribution is -2.55. The average molecular weight is 898 g/mol. The normalized spacial score (nSPS) is 27.3. The number of aliphatic hydroxyl groups is 7. The van der Waals surface area contributed by atoms with Crippen molar-refractivity contribution in [1.29, 1.82) is 0 Å². The van der Waals surface area contributed by atoms with E-state index in [1.165, 1.54) is 0 Å². The third-order valence-corrected chi connectivity index (χ3v) is 10.6. The third kappa shape index (κ3) is 21.3. The summed E-state index contributed by atoms with van der Waals surface area (Å²) in [6.45, 7) is 4.01. The lowest BCUT2D eigenvalue weighted by Gasteiger charge is -2.40. The zero-order chi connectivity index (χ0) is 45.9. The summed E-state index contributed by atoms with van der Waals surface area (Å²) in [7, 11) is 0. The van der Waals surface area contributed by atoms with Gasteiger partial charge in [-0.1, -0.05) is 13.8 Å². The van der Waals surface area contributed by atoms with Gasteiger partial charge >= 0.3 is 0 Å². The maximum absolute atomic E-state index is 12.2. The lowest BCUT2D eigenvalue weighted by atomic mass is 9.92. The molecule has 0 aromatic carbocycles. The molecule has 362 valence electrons. The first-order valence-electron chi connectivity index (χ1n) is 21.8. The molecule has 0 aromatic heterocycles. The number of hydrogen-bond acceptors (Lipinski definition) is 18. The van der Waals surface area contributed by atoms with E-state index >= 15 is 0 Å². The Kier molecular flexibility index (Phi) is 27.9. The van der Waals surface area contributed by atoms with E-state index in [4.69, 9.17) is 34.2 Å². The van der Waals surface area contributed by atoms with Crippen LogP contribution in [0, 0.1) is 11.8 Å². The van der Waals surface area contributed by atoms with Gasteiger partial charge in [0.05, 0.1) is 64.0 Å². The van der Waals surface area contributed by atoms with Crippen molar-refractivity contribution >= 4 is 23.6 Å². The Balaban J connectivity index is 1.40. The number of hydrogen-bond donors (Lipinski definition) is 12. The van der Waals surface area contributed by atoms with Crippen molar-refractivity contribution in [1.82, 2.24) is 21.3 Å².